The van der Waals surface area contributed by atoms with Gasteiger partial charge in [-0.3, -0.25) is 4.79 Å². The molecule has 1 aromatic rings. The minimum atomic E-state index is -3.65. The number of hydrogen-bond donors (Lipinski definition) is 1. The van der Waals surface area contributed by atoms with Crippen LogP contribution >= 0.6 is 0 Å². The van der Waals surface area contributed by atoms with E-state index in [1.807, 2.05) is 0 Å². The Kier molecular flexibility index (Phi) is 5.41. The van der Waals surface area contributed by atoms with Gasteiger partial charge in [-0.25, -0.2) is 17.2 Å². The summed E-state index contributed by atoms with van der Waals surface area (Å²) in [5, 5.41) is 8.41. The van der Waals surface area contributed by atoms with Crippen LogP contribution in [0.25, 0.3) is 0 Å². The third-order valence-electron chi connectivity index (χ3n) is 2.55. The van der Waals surface area contributed by atoms with Gasteiger partial charge >= 0.3 is 5.97 Å². The van der Waals surface area contributed by atoms with Crippen LogP contribution in [-0.4, -0.2) is 25.2 Å². The number of halogens is 2. The molecular formula is C12H14F2O4S. The fourth-order valence-corrected chi connectivity index (χ4v) is 2.91. The molecule has 0 saturated carbocycles. The quantitative estimate of drug-likeness (QED) is 0.618. The number of sulfone groups is 1. The molecule has 0 atom stereocenters. The summed E-state index contributed by atoms with van der Waals surface area (Å²) in [6.45, 7) is 0. The Morgan fingerprint density at radius 3 is 2.37 bits per heavy atom. The number of rotatable bonds is 7. The highest BCUT2D eigenvalue weighted by molar-refractivity contribution is 7.91. The Bertz CT molecular complexity index is 555. The van der Waals surface area contributed by atoms with Crippen molar-refractivity contribution >= 4 is 15.8 Å². The molecule has 0 unspecified atom stereocenters. The molecule has 4 nitrogen and oxygen atoms in total. The van der Waals surface area contributed by atoms with Crippen LogP contribution < -0.4 is 0 Å². The molecule has 1 rings (SSSR count). The van der Waals surface area contributed by atoms with Crippen LogP contribution in [-0.2, 0) is 14.6 Å². The van der Waals surface area contributed by atoms with E-state index < -0.39 is 27.4 Å². The van der Waals surface area contributed by atoms with Gasteiger partial charge in [0.25, 0.3) is 0 Å². The largest absolute Gasteiger partial charge is 0.481 e. The average molecular weight is 292 g/mol. The third kappa shape index (κ3) is 4.94. The van der Waals surface area contributed by atoms with Gasteiger partial charge < -0.3 is 5.11 Å². The monoisotopic (exact) mass is 292 g/mol. The molecule has 0 amide bonds. The molecular weight excluding hydrogens is 278 g/mol. The molecule has 19 heavy (non-hydrogen) atoms. The summed E-state index contributed by atoms with van der Waals surface area (Å²) in [7, 11) is -3.65. The lowest BCUT2D eigenvalue weighted by molar-refractivity contribution is -0.137. The molecule has 7 heteroatoms. The van der Waals surface area contributed by atoms with Gasteiger partial charge in [0, 0.05) is 6.42 Å². The van der Waals surface area contributed by atoms with Gasteiger partial charge in [0.15, 0.2) is 21.5 Å². The van der Waals surface area contributed by atoms with E-state index in [1.54, 1.807) is 0 Å². The van der Waals surface area contributed by atoms with E-state index in [2.05, 4.69) is 0 Å². The van der Waals surface area contributed by atoms with Gasteiger partial charge in [0.1, 0.15) is 0 Å². The maximum atomic E-state index is 12.9. The second-order valence-corrected chi connectivity index (χ2v) is 6.21. The van der Waals surface area contributed by atoms with Gasteiger partial charge in [0.05, 0.1) is 10.6 Å². The molecule has 0 aliphatic heterocycles. The molecule has 0 bridgehead atoms. The standard InChI is InChI=1S/C12H14F2O4S/c13-10-6-5-9(8-11(10)14)19(17,18)7-3-1-2-4-12(15)16/h5-6,8H,1-4,7H2,(H,15,16). The summed E-state index contributed by atoms with van der Waals surface area (Å²) in [6, 6.07) is 2.44. The Morgan fingerprint density at radius 2 is 1.79 bits per heavy atom. The van der Waals surface area contributed by atoms with E-state index in [4.69, 9.17) is 5.11 Å². The maximum Gasteiger partial charge on any atom is 0.303 e. The number of aliphatic carboxylic acids is 1. The van der Waals surface area contributed by atoms with Crippen molar-refractivity contribution in [2.75, 3.05) is 5.75 Å². The van der Waals surface area contributed by atoms with Crippen molar-refractivity contribution in [2.45, 2.75) is 30.6 Å². The van der Waals surface area contributed by atoms with Gasteiger partial charge in [-0.1, -0.05) is 6.42 Å². The lowest BCUT2D eigenvalue weighted by Gasteiger charge is -2.04. The number of carbonyl (C=O) groups is 1. The van der Waals surface area contributed by atoms with Crippen molar-refractivity contribution in [3.8, 4) is 0 Å². The normalized spacial score (nSPS) is 11.5. The van der Waals surface area contributed by atoms with Crippen molar-refractivity contribution in [1.29, 1.82) is 0 Å². The van der Waals surface area contributed by atoms with E-state index in [9.17, 15) is 22.0 Å². The molecule has 0 aliphatic rings. The number of benzene rings is 1. The second-order valence-electron chi connectivity index (χ2n) is 4.10. The van der Waals surface area contributed by atoms with E-state index in [0.29, 0.717) is 18.9 Å². The number of hydrogen-bond acceptors (Lipinski definition) is 3. The average Bonchev–Trinajstić information content (AvgIpc) is 2.31. The predicted molar refractivity (Wildman–Crippen MR) is 64.5 cm³/mol. The number of carboxylic acid groups (broad SMARTS) is 1. The van der Waals surface area contributed by atoms with Crippen LogP contribution in [0.5, 0.6) is 0 Å². The molecule has 0 spiro atoms. The molecule has 1 aromatic carbocycles. The van der Waals surface area contributed by atoms with Crippen LogP contribution in [0, 0.1) is 11.6 Å². The summed E-state index contributed by atoms with van der Waals surface area (Å²) < 4.78 is 49.2. The highest BCUT2D eigenvalue weighted by Crippen LogP contribution is 2.16. The number of carboxylic acids is 1. The summed E-state index contributed by atoms with van der Waals surface area (Å²) >= 11 is 0. The first kappa shape index (κ1) is 15.6. The van der Waals surface area contributed by atoms with Crippen LogP contribution in [0.4, 0.5) is 8.78 Å². The fourth-order valence-electron chi connectivity index (χ4n) is 1.53. The third-order valence-corrected chi connectivity index (χ3v) is 4.35. The molecule has 0 heterocycles. The smallest absolute Gasteiger partial charge is 0.303 e. The van der Waals surface area contributed by atoms with Crippen molar-refractivity contribution in [3.63, 3.8) is 0 Å². The molecule has 0 radical (unpaired) electrons. The van der Waals surface area contributed by atoms with Gasteiger partial charge in [-0.2, -0.15) is 0 Å². The summed E-state index contributed by atoms with van der Waals surface area (Å²) in [5.41, 5.74) is 0. The van der Waals surface area contributed by atoms with E-state index in [-0.39, 0.29) is 23.5 Å². The fraction of sp³-hybridized carbons (Fsp3) is 0.417. The summed E-state index contributed by atoms with van der Waals surface area (Å²) in [5.74, 6) is -3.44. The topological polar surface area (TPSA) is 71.4 Å². The van der Waals surface area contributed by atoms with Gasteiger partial charge in [-0.15, -0.1) is 0 Å². The lowest BCUT2D eigenvalue weighted by Crippen LogP contribution is -2.08. The van der Waals surface area contributed by atoms with Crippen molar-refractivity contribution in [1.82, 2.24) is 0 Å². The summed E-state index contributed by atoms with van der Waals surface area (Å²) in [6.07, 6.45) is 1.12. The van der Waals surface area contributed by atoms with Crippen molar-refractivity contribution < 1.29 is 27.1 Å². The first-order valence-corrected chi connectivity index (χ1v) is 7.38. The number of unbranched alkanes of at least 4 members (excludes halogenated alkanes) is 2. The van der Waals surface area contributed by atoms with Crippen LogP contribution in [0.15, 0.2) is 23.1 Å². The Labute approximate surface area is 110 Å². The van der Waals surface area contributed by atoms with E-state index in [1.165, 1.54) is 0 Å². The zero-order chi connectivity index (χ0) is 14.5. The van der Waals surface area contributed by atoms with Crippen LogP contribution in [0.1, 0.15) is 25.7 Å². The summed E-state index contributed by atoms with van der Waals surface area (Å²) in [4.78, 5) is 10.00. The molecule has 0 saturated heterocycles. The van der Waals surface area contributed by atoms with Crippen LogP contribution in [0.2, 0.25) is 0 Å². The minimum Gasteiger partial charge on any atom is -0.481 e. The molecule has 0 fully saturated rings. The first-order valence-electron chi connectivity index (χ1n) is 5.72. The highest BCUT2D eigenvalue weighted by atomic mass is 32.2. The zero-order valence-corrected chi connectivity index (χ0v) is 10.9. The SMILES string of the molecule is O=C(O)CCCCCS(=O)(=O)c1ccc(F)c(F)c1. The van der Waals surface area contributed by atoms with Crippen LogP contribution in [0.3, 0.4) is 0 Å². The molecule has 0 aromatic heterocycles. The first-order chi connectivity index (χ1) is 8.83. The molecule has 106 valence electrons. The Balaban J connectivity index is 2.56. The van der Waals surface area contributed by atoms with Gasteiger partial charge in [-0.05, 0) is 31.0 Å². The highest BCUT2D eigenvalue weighted by Gasteiger charge is 2.16. The van der Waals surface area contributed by atoms with E-state index >= 15 is 0 Å². The predicted octanol–water partition coefficient (Wildman–Crippen LogP) is 2.38. The molecule has 1 N–H and O–H groups in total. The minimum absolute atomic E-state index is 0.00871. The molecule has 0 aliphatic carbocycles. The second kappa shape index (κ2) is 6.60. The van der Waals surface area contributed by atoms with E-state index in [0.717, 1.165) is 12.1 Å². The Hall–Kier alpha value is -1.50. The van der Waals surface area contributed by atoms with Crippen molar-refractivity contribution in [2.24, 2.45) is 0 Å². The van der Waals surface area contributed by atoms with Crippen molar-refractivity contribution in [3.05, 3.63) is 29.8 Å². The Morgan fingerprint density at radius 1 is 1.11 bits per heavy atom. The lowest BCUT2D eigenvalue weighted by atomic mass is 10.2. The zero-order valence-electron chi connectivity index (χ0n) is 10.1. The maximum absolute atomic E-state index is 12.9. The van der Waals surface area contributed by atoms with Gasteiger partial charge in [0.2, 0.25) is 0 Å².